The molecule has 7 nitrogen and oxygen atoms in total. The molecule has 0 bridgehead atoms. The van der Waals surface area contributed by atoms with E-state index in [-0.39, 0.29) is 11.8 Å². The normalized spacial score (nSPS) is 22.5. The van der Waals surface area contributed by atoms with E-state index >= 15 is 0 Å². The summed E-state index contributed by atoms with van der Waals surface area (Å²) in [5, 5.41) is 7.59. The van der Waals surface area contributed by atoms with Crippen LogP contribution < -0.4 is 5.32 Å². The monoisotopic (exact) mass is 391 g/mol. The quantitative estimate of drug-likeness (QED) is 0.683. The molecule has 2 fully saturated rings. The number of hydrogen-bond acceptors (Lipinski definition) is 5. The molecule has 0 unspecified atom stereocenters. The van der Waals surface area contributed by atoms with Crippen molar-refractivity contribution < 1.29 is 9.53 Å². The molecular formula is C21H37N5O2. The van der Waals surface area contributed by atoms with E-state index in [1.165, 1.54) is 18.4 Å². The number of carbonyl (C=O) groups is 1. The van der Waals surface area contributed by atoms with Crippen LogP contribution in [0.15, 0.2) is 6.20 Å². The Hall–Kier alpha value is -1.44. The molecule has 7 heteroatoms. The van der Waals surface area contributed by atoms with Crippen molar-refractivity contribution in [3.05, 3.63) is 17.5 Å². The summed E-state index contributed by atoms with van der Waals surface area (Å²) in [5.41, 5.74) is 2.51. The van der Waals surface area contributed by atoms with Gasteiger partial charge in [0, 0.05) is 51.1 Å². The van der Waals surface area contributed by atoms with Crippen molar-refractivity contribution in [2.75, 3.05) is 46.4 Å². The van der Waals surface area contributed by atoms with Gasteiger partial charge in [0.1, 0.15) is 0 Å². The van der Waals surface area contributed by atoms with Crippen LogP contribution in [0.25, 0.3) is 0 Å². The zero-order valence-electron chi connectivity index (χ0n) is 17.8. The molecule has 3 rings (SSSR count). The molecule has 3 heterocycles. The maximum Gasteiger partial charge on any atom is 0.224 e. The summed E-state index contributed by atoms with van der Waals surface area (Å²) >= 11 is 0. The van der Waals surface area contributed by atoms with Gasteiger partial charge in [-0.15, -0.1) is 0 Å². The second-order valence-electron chi connectivity index (χ2n) is 8.22. The van der Waals surface area contributed by atoms with E-state index < -0.39 is 0 Å². The van der Waals surface area contributed by atoms with E-state index in [1.807, 2.05) is 4.68 Å². The van der Waals surface area contributed by atoms with E-state index in [0.29, 0.717) is 19.2 Å². The molecule has 28 heavy (non-hydrogen) atoms. The first kappa shape index (κ1) is 21.3. The number of carbonyl (C=O) groups excluding carboxylic acids is 1. The lowest BCUT2D eigenvalue weighted by molar-refractivity contribution is -0.127. The molecule has 1 atom stereocenters. The summed E-state index contributed by atoms with van der Waals surface area (Å²) < 4.78 is 7.06. The molecule has 2 aliphatic rings. The fraction of sp³-hybridized carbons (Fsp3) is 0.810. The number of aryl methyl sites for hydroxylation is 2. The number of nitrogens with zero attached hydrogens (tertiary/aromatic N) is 4. The Balaban J connectivity index is 1.45. The number of aromatic nitrogens is 2. The number of ether oxygens (including phenoxy) is 1. The minimum absolute atomic E-state index is 0.131. The van der Waals surface area contributed by atoms with Crippen LogP contribution >= 0.6 is 0 Å². The number of amides is 1. The fourth-order valence-electron chi connectivity index (χ4n) is 4.53. The van der Waals surface area contributed by atoms with Gasteiger partial charge in [0.05, 0.1) is 18.2 Å². The zero-order chi connectivity index (χ0) is 19.9. The van der Waals surface area contributed by atoms with E-state index in [1.54, 1.807) is 7.11 Å². The largest absolute Gasteiger partial charge is 0.383 e. The average molecular weight is 392 g/mol. The summed E-state index contributed by atoms with van der Waals surface area (Å²) in [5.74, 6) is 0.328. The maximum atomic E-state index is 12.4. The highest BCUT2D eigenvalue weighted by Crippen LogP contribution is 2.25. The maximum absolute atomic E-state index is 12.4. The third kappa shape index (κ3) is 5.55. The van der Waals surface area contributed by atoms with Gasteiger partial charge in [-0.2, -0.15) is 5.10 Å². The molecule has 158 valence electrons. The van der Waals surface area contributed by atoms with Gasteiger partial charge in [-0.1, -0.05) is 0 Å². The molecule has 0 radical (unpaired) electrons. The van der Waals surface area contributed by atoms with Crippen molar-refractivity contribution in [1.29, 1.82) is 0 Å². The van der Waals surface area contributed by atoms with Gasteiger partial charge in [0.2, 0.25) is 5.91 Å². The van der Waals surface area contributed by atoms with Crippen LogP contribution in [0.3, 0.4) is 0 Å². The third-order valence-corrected chi connectivity index (χ3v) is 6.27. The van der Waals surface area contributed by atoms with Crippen LogP contribution in [-0.4, -0.2) is 78.0 Å². The lowest BCUT2D eigenvalue weighted by Gasteiger charge is -2.42. The highest BCUT2D eigenvalue weighted by molar-refractivity contribution is 5.78. The van der Waals surface area contributed by atoms with Crippen LogP contribution in [0.5, 0.6) is 0 Å². The van der Waals surface area contributed by atoms with Crippen LogP contribution in [0, 0.1) is 12.8 Å². The number of hydrogen-bond donors (Lipinski definition) is 1. The van der Waals surface area contributed by atoms with Crippen molar-refractivity contribution in [2.45, 2.75) is 58.7 Å². The Morgan fingerprint density at radius 2 is 2.07 bits per heavy atom. The summed E-state index contributed by atoms with van der Waals surface area (Å²) in [6.07, 6.45) is 6.71. The van der Waals surface area contributed by atoms with Crippen LogP contribution in [0.2, 0.25) is 0 Å². The van der Waals surface area contributed by atoms with Gasteiger partial charge in [-0.25, -0.2) is 0 Å². The van der Waals surface area contributed by atoms with Gasteiger partial charge < -0.3 is 10.1 Å². The van der Waals surface area contributed by atoms with E-state index in [9.17, 15) is 4.79 Å². The van der Waals surface area contributed by atoms with Gasteiger partial charge in [-0.3, -0.25) is 19.3 Å². The first-order chi connectivity index (χ1) is 13.6. The molecule has 0 aliphatic carbocycles. The summed E-state index contributed by atoms with van der Waals surface area (Å²) in [6, 6.07) is 0.616. The Morgan fingerprint density at radius 3 is 2.75 bits per heavy atom. The minimum atomic E-state index is 0.131. The van der Waals surface area contributed by atoms with Gasteiger partial charge in [0.15, 0.2) is 0 Å². The van der Waals surface area contributed by atoms with Gasteiger partial charge in [-0.05, 0) is 59.2 Å². The second kappa shape index (κ2) is 10.4. The molecule has 1 aromatic heterocycles. The van der Waals surface area contributed by atoms with Gasteiger partial charge in [0.25, 0.3) is 0 Å². The number of piperidine rings is 2. The predicted molar refractivity (Wildman–Crippen MR) is 110 cm³/mol. The standard InChI is InChI=1S/C21H37N5O2/c1-4-26-16-19(17(2)23-26)14-24-11-7-20(8-12-24)25-10-5-6-18(15-25)21(27)22-9-13-28-3/h16,18,20H,4-15H2,1-3H3,(H,22,27)/t18-/m0/s1. The Morgan fingerprint density at radius 1 is 1.29 bits per heavy atom. The highest BCUT2D eigenvalue weighted by Gasteiger charge is 2.31. The number of nitrogens with one attached hydrogen (secondary N) is 1. The van der Waals surface area contributed by atoms with E-state index in [2.05, 4.69) is 40.3 Å². The lowest BCUT2D eigenvalue weighted by Crippen LogP contribution is -2.50. The summed E-state index contributed by atoms with van der Waals surface area (Å²) in [6.45, 7) is 11.7. The van der Waals surface area contributed by atoms with Crippen molar-refractivity contribution in [1.82, 2.24) is 24.9 Å². The zero-order valence-corrected chi connectivity index (χ0v) is 17.8. The van der Waals surface area contributed by atoms with Crippen LogP contribution in [0.4, 0.5) is 0 Å². The second-order valence-corrected chi connectivity index (χ2v) is 8.22. The molecule has 1 amide bonds. The first-order valence-corrected chi connectivity index (χ1v) is 10.9. The molecular weight excluding hydrogens is 354 g/mol. The molecule has 1 aromatic rings. The SMILES string of the molecule is CCn1cc(CN2CCC(N3CCC[C@H](C(=O)NCCOC)C3)CC2)c(C)n1. The lowest BCUT2D eigenvalue weighted by atomic mass is 9.93. The smallest absolute Gasteiger partial charge is 0.224 e. The van der Waals surface area contributed by atoms with Gasteiger partial charge >= 0.3 is 0 Å². The van der Waals surface area contributed by atoms with Crippen molar-refractivity contribution >= 4 is 5.91 Å². The molecule has 1 N–H and O–H groups in total. The summed E-state index contributed by atoms with van der Waals surface area (Å²) in [7, 11) is 1.66. The van der Waals surface area contributed by atoms with Crippen molar-refractivity contribution in [3.8, 4) is 0 Å². The topological polar surface area (TPSA) is 62.6 Å². The highest BCUT2D eigenvalue weighted by atomic mass is 16.5. The summed E-state index contributed by atoms with van der Waals surface area (Å²) in [4.78, 5) is 17.5. The third-order valence-electron chi connectivity index (χ3n) is 6.27. The van der Waals surface area contributed by atoms with Crippen molar-refractivity contribution in [2.24, 2.45) is 5.92 Å². The number of likely N-dealkylation sites (tertiary alicyclic amines) is 2. The Labute approximate surface area is 169 Å². The Kier molecular flexibility index (Phi) is 7.88. The molecule has 2 aliphatic heterocycles. The fourth-order valence-corrected chi connectivity index (χ4v) is 4.53. The molecule has 0 aromatic carbocycles. The molecule has 2 saturated heterocycles. The van der Waals surface area contributed by atoms with Crippen LogP contribution in [0.1, 0.15) is 43.9 Å². The number of rotatable bonds is 8. The van der Waals surface area contributed by atoms with E-state index in [4.69, 9.17) is 4.74 Å². The molecule has 0 saturated carbocycles. The Bertz CT molecular complexity index is 624. The van der Waals surface area contributed by atoms with Crippen molar-refractivity contribution in [3.63, 3.8) is 0 Å². The minimum Gasteiger partial charge on any atom is -0.383 e. The number of methoxy groups -OCH3 is 1. The van der Waals surface area contributed by atoms with E-state index in [0.717, 1.165) is 57.8 Å². The van der Waals surface area contributed by atoms with Crippen LogP contribution in [-0.2, 0) is 22.6 Å². The first-order valence-electron chi connectivity index (χ1n) is 10.9. The molecule has 0 spiro atoms. The predicted octanol–water partition coefficient (Wildman–Crippen LogP) is 1.65. The average Bonchev–Trinajstić information content (AvgIpc) is 3.08.